The van der Waals surface area contributed by atoms with Gasteiger partial charge in [-0.2, -0.15) is 0 Å². The Bertz CT molecular complexity index is 598. The minimum Gasteiger partial charge on any atom is -0.508 e. The molecule has 0 fully saturated rings. The summed E-state index contributed by atoms with van der Waals surface area (Å²) in [5, 5.41) is 16.2. The molecule has 2 rings (SSSR count). The lowest BCUT2D eigenvalue weighted by molar-refractivity contribution is 0.0949. The summed E-state index contributed by atoms with van der Waals surface area (Å²) in [5.74, 6) is 0.587. The molecular weight excluding hydrogens is 244 g/mol. The monoisotopic (exact) mass is 260 g/mol. The second-order valence-corrected chi connectivity index (χ2v) is 4.44. The molecule has 1 aromatic heterocycles. The van der Waals surface area contributed by atoms with Crippen LogP contribution in [0, 0.1) is 20.8 Å². The van der Waals surface area contributed by atoms with Crippen molar-refractivity contribution in [3.8, 4) is 5.75 Å². The molecule has 1 heterocycles. The average Bonchev–Trinajstić information content (AvgIpc) is 2.70. The van der Waals surface area contributed by atoms with Crippen molar-refractivity contribution in [3.63, 3.8) is 0 Å². The number of aryl methyl sites for hydroxylation is 2. The molecule has 0 spiro atoms. The van der Waals surface area contributed by atoms with E-state index in [0.717, 1.165) is 11.3 Å². The molecule has 0 aliphatic heterocycles. The Morgan fingerprint density at radius 1 is 1.37 bits per heavy atom. The number of aromatic nitrogens is 1. The van der Waals surface area contributed by atoms with E-state index in [4.69, 9.17) is 4.52 Å². The van der Waals surface area contributed by atoms with Gasteiger partial charge < -0.3 is 14.9 Å². The second-order valence-electron chi connectivity index (χ2n) is 4.44. The quantitative estimate of drug-likeness (QED) is 0.887. The van der Waals surface area contributed by atoms with Gasteiger partial charge in [-0.3, -0.25) is 4.79 Å². The van der Waals surface area contributed by atoms with Gasteiger partial charge in [0.25, 0.3) is 5.91 Å². The molecule has 5 heteroatoms. The highest BCUT2D eigenvalue weighted by molar-refractivity contribution is 5.96. The molecule has 0 aliphatic rings. The van der Waals surface area contributed by atoms with Crippen molar-refractivity contribution in [2.24, 2.45) is 0 Å². The van der Waals surface area contributed by atoms with E-state index in [9.17, 15) is 9.90 Å². The molecule has 19 heavy (non-hydrogen) atoms. The zero-order valence-corrected chi connectivity index (χ0v) is 11.2. The summed E-state index contributed by atoms with van der Waals surface area (Å²) in [7, 11) is 0. The molecule has 2 N–H and O–H groups in total. The molecule has 0 radical (unpaired) electrons. The third kappa shape index (κ3) is 2.59. The van der Waals surface area contributed by atoms with Crippen molar-refractivity contribution in [2.75, 3.05) is 0 Å². The fourth-order valence-electron chi connectivity index (χ4n) is 1.89. The van der Waals surface area contributed by atoms with Crippen LogP contribution in [-0.2, 0) is 6.54 Å². The van der Waals surface area contributed by atoms with E-state index in [-0.39, 0.29) is 11.7 Å². The maximum absolute atomic E-state index is 12.1. The van der Waals surface area contributed by atoms with Crippen molar-refractivity contribution in [3.05, 3.63) is 46.3 Å². The summed E-state index contributed by atoms with van der Waals surface area (Å²) < 4.78 is 5.03. The maximum Gasteiger partial charge on any atom is 0.251 e. The van der Waals surface area contributed by atoms with Gasteiger partial charge >= 0.3 is 0 Å². The zero-order chi connectivity index (χ0) is 14.0. The molecule has 1 aromatic carbocycles. The number of benzene rings is 1. The molecule has 1 amide bonds. The maximum atomic E-state index is 12.1. The zero-order valence-electron chi connectivity index (χ0n) is 11.2. The van der Waals surface area contributed by atoms with Gasteiger partial charge in [-0.15, -0.1) is 0 Å². The first kappa shape index (κ1) is 13.1. The van der Waals surface area contributed by atoms with Gasteiger partial charge in [-0.25, -0.2) is 0 Å². The number of phenolic OH excluding ortho intramolecular Hbond substituents is 1. The molecular formula is C14H16N2O3. The Morgan fingerprint density at radius 3 is 2.74 bits per heavy atom. The van der Waals surface area contributed by atoms with Crippen LogP contribution >= 0.6 is 0 Å². The minimum absolute atomic E-state index is 0.116. The lowest BCUT2D eigenvalue weighted by Gasteiger charge is -2.08. The van der Waals surface area contributed by atoms with E-state index in [1.54, 1.807) is 32.0 Å². The topological polar surface area (TPSA) is 75.4 Å². The first-order valence-electron chi connectivity index (χ1n) is 5.99. The third-order valence-electron chi connectivity index (χ3n) is 3.16. The van der Waals surface area contributed by atoms with E-state index in [0.29, 0.717) is 23.4 Å². The Labute approximate surface area is 111 Å². The number of carbonyl (C=O) groups is 1. The summed E-state index contributed by atoms with van der Waals surface area (Å²) >= 11 is 0. The summed E-state index contributed by atoms with van der Waals surface area (Å²) in [4.78, 5) is 12.1. The van der Waals surface area contributed by atoms with Crippen molar-refractivity contribution < 1.29 is 14.4 Å². The number of aromatic hydroxyl groups is 1. The lowest BCUT2D eigenvalue weighted by Crippen LogP contribution is -2.24. The van der Waals surface area contributed by atoms with Crippen LogP contribution < -0.4 is 5.32 Å². The van der Waals surface area contributed by atoms with Gasteiger partial charge in [0.1, 0.15) is 11.5 Å². The fourth-order valence-corrected chi connectivity index (χ4v) is 1.89. The second kappa shape index (κ2) is 5.14. The first-order chi connectivity index (χ1) is 9.00. The van der Waals surface area contributed by atoms with Gasteiger partial charge in [0, 0.05) is 23.2 Å². The van der Waals surface area contributed by atoms with Crippen LogP contribution in [-0.4, -0.2) is 16.2 Å². The highest BCUT2D eigenvalue weighted by Gasteiger charge is 2.14. The first-order valence-corrected chi connectivity index (χ1v) is 5.99. The number of rotatable bonds is 3. The van der Waals surface area contributed by atoms with Crippen molar-refractivity contribution in [1.82, 2.24) is 10.5 Å². The lowest BCUT2D eigenvalue weighted by atomic mass is 10.1. The summed E-state index contributed by atoms with van der Waals surface area (Å²) in [5.41, 5.74) is 2.68. The number of amides is 1. The van der Waals surface area contributed by atoms with Gasteiger partial charge in [0.15, 0.2) is 0 Å². The predicted octanol–water partition coefficient (Wildman–Crippen LogP) is 2.24. The van der Waals surface area contributed by atoms with Gasteiger partial charge in [-0.05, 0) is 32.9 Å². The highest BCUT2D eigenvalue weighted by Crippen LogP contribution is 2.19. The number of phenols is 1. The molecule has 0 atom stereocenters. The SMILES string of the molecule is Cc1noc(C)c1CNC(=O)c1cccc(O)c1C. The number of carbonyl (C=O) groups excluding carboxylic acids is 1. The fraction of sp³-hybridized carbons (Fsp3) is 0.286. The van der Waals surface area contributed by atoms with Crippen molar-refractivity contribution >= 4 is 5.91 Å². The molecule has 0 aliphatic carbocycles. The number of nitrogens with one attached hydrogen (secondary N) is 1. The molecule has 0 bridgehead atoms. The van der Waals surface area contributed by atoms with Crippen molar-refractivity contribution in [2.45, 2.75) is 27.3 Å². The van der Waals surface area contributed by atoms with Crippen LogP contribution in [0.1, 0.15) is 32.9 Å². The predicted molar refractivity (Wildman–Crippen MR) is 70.0 cm³/mol. The summed E-state index contributed by atoms with van der Waals surface area (Å²) in [6.45, 7) is 5.70. The highest BCUT2D eigenvalue weighted by atomic mass is 16.5. The molecule has 0 saturated heterocycles. The third-order valence-corrected chi connectivity index (χ3v) is 3.16. The number of nitrogens with zero attached hydrogens (tertiary/aromatic N) is 1. The van der Waals surface area contributed by atoms with Gasteiger partial charge in [0.2, 0.25) is 0 Å². The van der Waals surface area contributed by atoms with E-state index in [1.807, 2.05) is 6.92 Å². The van der Waals surface area contributed by atoms with E-state index in [2.05, 4.69) is 10.5 Å². The van der Waals surface area contributed by atoms with Gasteiger partial charge in [0.05, 0.1) is 5.69 Å². The van der Waals surface area contributed by atoms with Crippen LogP contribution in [0.3, 0.4) is 0 Å². The van der Waals surface area contributed by atoms with Crippen molar-refractivity contribution in [1.29, 1.82) is 0 Å². The van der Waals surface area contributed by atoms with E-state index in [1.165, 1.54) is 0 Å². The van der Waals surface area contributed by atoms with Gasteiger partial charge in [-0.1, -0.05) is 11.2 Å². The Kier molecular flexibility index (Phi) is 3.55. The van der Waals surface area contributed by atoms with Crippen LogP contribution in [0.2, 0.25) is 0 Å². The molecule has 0 unspecified atom stereocenters. The molecule has 5 nitrogen and oxygen atoms in total. The smallest absolute Gasteiger partial charge is 0.251 e. The average molecular weight is 260 g/mol. The summed E-state index contributed by atoms with van der Waals surface area (Å²) in [6, 6.07) is 4.88. The molecule has 2 aromatic rings. The Hall–Kier alpha value is -2.30. The standard InChI is InChI=1S/C14H16N2O3/c1-8-11(5-4-6-13(8)17)14(18)15-7-12-9(2)16-19-10(12)3/h4-6,17H,7H2,1-3H3,(H,15,18). The van der Waals surface area contributed by atoms with E-state index >= 15 is 0 Å². The van der Waals surface area contributed by atoms with Crippen LogP contribution in [0.15, 0.2) is 22.7 Å². The van der Waals surface area contributed by atoms with Crippen LogP contribution in [0.5, 0.6) is 5.75 Å². The van der Waals surface area contributed by atoms with Crippen LogP contribution in [0.25, 0.3) is 0 Å². The molecule has 0 saturated carbocycles. The van der Waals surface area contributed by atoms with E-state index < -0.39 is 0 Å². The normalized spacial score (nSPS) is 10.5. The minimum atomic E-state index is -0.228. The number of hydrogen-bond acceptors (Lipinski definition) is 4. The molecule has 100 valence electrons. The number of hydrogen-bond donors (Lipinski definition) is 2. The largest absolute Gasteiger partial charge is 0.508 e. The Balaban J connectivity index is 2.12. The Morgan fingerprint density at radius 2 is 2.11 bits per heavy atom. The van der Waals surface area contributed by atoms with Crippen LogP contribution in [0.4, 0.5) is 0 Å². The summed E-state index contributed by atoms with van der Waals surface area (Å²) in [6.07, 6.45) is 0.